The molecule has 0 saturated carbocycles. The Balaban J connectivity index is -0.000000205. The van der Waals surface area contributed by atoms with Crippen molar-refractivity contribution in [2.45, 2.75) is 48.4 Å². The van der Waals surface area contributed by atoms with E-state index in [1.807, 2.05) is 0 Å². The normalized spacial score (nSPS) is 7.65. The summed E-state index contributed by atoms with van der Waals surface area (Å²) in [6, 6.07) is 0. The second-order valence-corrected chi connectivity index (χ2v) is 9.65. The summed E-state index contributed by atoms with van der Waals surface area (Å²) in [7, 11) is 0. The molecule has 0 unspecified atom stereocenters. The van der Waals surface area contributed by atoms with E-state index in [4.69, 9.17) is 0 Å². The van der Waals surface area contributed by atoms with Crippen molar-refractivity contribution in [3.63, 3.8) is 0 Å². The number of hydrogen-bond donors (Lipinski definition) is 2. The summed E-state index contributed by atoms with van der Waals surface area (Å²) in [5.41, 5.74) is 9.31. The number of rotatable bonds is 6. The summed E-state index contributed by atoms with van der Waals surface area (Å²) in [6.07, 6.45) is 5.84. The molecule has 0 aliphatic rings. The first-order valence-corrected chi connectivity index (χ1v) is 11.2. The summed E-state index contributed by atoms with van der Waals surface area (Å²) in [6.45, 7) is 4.58. The Morgan fingerprint density at radius 3 is 1.35 bits per heavy atom. The van der Waals surface area contributed by atoms with Crippen molar-refractivity contribution in [2.75, 3.05) is 0 Å². The Morgan fingerprint density at radius 2 is 1.18 bits per heavy atom. The van der Waals surface area contributed by atoms with Gasteiger partial charge in [0.2, 0.25) is 0 Å². The molecule has 17 heavy (non-hydrogen) atoms. The molecule has 0 rings (SSSR count). The van der Waals surface area contributed by atoms with Crippen LogP contribution in [0, 0.1) is 0 Å². The standard InChI is InChI=1S/2C4H9.2CH3NS2.Sn/c2*1-3-4-2;2*2-1(3)4;/h2*1,3-4H2,2H3;2*(H3,2,3,4);/q;;;;+2/p-2. The van der Waals surface area contributed by atoms with Crippen molar-refractivity contribution in [1.82, 2.24) is 0 Å². The van der Waals surface area contributed by atoms with Crippen LogP contribution in [-0.4, -0.2) is 29.8 Å². The van der Waals surface area contributed by atoms with E-state index in [2.05, 4.69) is 75.0 Å². The number of hydrogen-bond acceptors (Lipinski definition) is 4. The van der Waals surface area contributed by atoms with E-state index in [-0.39, 0.29) is 29.8 Å². The second-order valence-electron chi connectivity index (χ2n) is 3.10. The molecular weight excluding hydrogens is 395 g/mol. The van der Waals surface area contributed by atoms with E-state index in [0.29, 0.717) is 0 Å². The van der Waals surface area contributed by atoms with Crippen LogP contribution < -0.4 is 11.5 Å². The maximum absolute atomic E-state index is 4.66. The van der Waals surface area contributed by atoms with Crippen molar-refractivity contribution in [1.29, 1.82) is 0 Å². The zero-order valence-corrected chi connectivity index (χ0v) is 16.7. The minimum atomic E-state index is 0.0833. The predicted octanol–water partition coefficient (Wildman–Crippen LogP) is 2.68. The Labute approximate surface area is 138 Å². The Hall–Kier alpha value is 1.02. The number of thiocarbonyl (C=S) groups is 2. The van der Waals surface area contributed by atoms with Crippen molar-refractivity contribution in [3.8, 4) is 0 Å². The van der Waals surface area contributed by atoms with Crippen LogP contribution in [0.25, 0.3) is 0 Å². The van der Waals surface area contributed by atoms with Crippen LogP contribution in [0.4, 0.5) is 0 Å². The largest absolute Gasteiger partial charge is 0.415 e. The van der Waals surface area contributed by atoms with E-state index in [9.17, 15) is 0 Å². The molecule has 0 amide bonds. The van der Waals surface area contributed by atoms with Gasteiger partial charge in [0.1, 0.15) is 0 Å². The topological polar surface area (TPSA) is 52.0 Å². The van der Waals surface area contributed by atoms with Gasteiger partial charge in [-0.15, -0.1) is 0 Å². The molecule has 7 heteroatoms. The first-order chi connectivity index (χ1) is 7.88. The molecule has 0 aromatic carbocycles. The van der Waals surface area contributed by atoms with Gasteiger partial charge < -0.3 is 61.2 Å². The van der Waals surface area contributed by atoms with Crippen LogP contribution in [0.1, 0.15) is 39.5 Å². The molecule has 0 aromatic rings. The minimum Gasteiger partial charge on any atom is -0.415 e. The molecule has 4 N–H and O–H groups in total. The van der Waals surface area contributed by atoms with E-state index in [0.717, 1.165) is 0 Å². The van der Waals surface area contributed by atoms with Crippen LogP contribution in [0.3, 0.4) is 0 Å². The second kappa shape index (κ2) is 22.2. The number of unbranched alkanes of at least 4 members (excludes halogenated alkanes) is 2. The first-order valence-electron chi connectivity index (χ1n) is 5.52. The molecule has 0 heterocycles. The smallest absolute Gasteiger partial charge is 0.0708 e. The molecule has 0 saturated heterocycles. The summed E-state index contributed by atoms with van der Waals surface area (Å²) < 4.78 is 3.42. The first kappa shape index (κ1) is 23.1. The van der Waals surface area contributed by atoms with Gasteiger partial charge in [0.05, 0.1) is 0 Å². The third-order valence-corrected chi connectivity index (χ3v) is 5.45. The molecular formula is C10H22N2S4Sn. The molecule has 0 radical (unpaired) electrons. The van der Waals surface area contributed by atoms with Gasteiger partial charge >= 0.3 is 69.5 Å². The molecule has 0 aliphatic carbocycles. The van der Waals surface area contributed by atoms with E-state index in [1.54, 1.807) is 8.87 Å². The summed E-state index contributed by atoms with van der Waals surface area (Å²) in [5, 5.41) is 0. The van der Waals surface area contributed by atoms with Crippen LogP contribution in [0.2, 0.25) is 8.87 Å². The van der Waals surface area contributed by atoms with Crippen LogP contribution >= 0.6 is 24.4 Å². The third-order valence-electron chi connectivity index (χ3n) is 1.41. The molecule has 100 valence electrons. The van der Waals surface area contributed by atoms with Crippen LogP contribution in [-0.2, 0) is 25.3 Å². The fourth-order valence-corrected chi connectivity index (χ4v) is 4.89. The third kappa shape index (κ3) is 77.9. The summed E-state index contributed by atoms with van der Waals surface area (Å²) >= 11 is 16.7. The SMILES string of the molecule is CCC[CH2][Sn+2][CH2]CCC.NC(=S)[S-].NC(=S)[S-]. The Bertz CT molecular complexity index is 154. The Morgan fingerprint density at radius 1 is 0.941 bits per heavy atom. The monoisotopic (exact) mass is 418 g/mol. The number of nitrogens with two attached hydrogens (primary N) is 2. The average molecular weight is 417 g/mol. The van der Waals surface area contributed by atoms with Gasteiger partial charge in [-0.2, -0.15) is 0 Å². The summed E-state index contributed by atoms with van der Waals surface area (Å²) in [4.78, 5) is 0. The zero-order valence-electron chi connectivity index (χ0n) is 10.5. The van der Waals surface area contributed by atoms with E-state index in [1.165, 1.54) is 25.7 Å². The maximum atomic E-state index is 4.66. The van der Waals surface area contributed by atoms with Crippen molar-refractivity contribution in [2.24, 2.45) is 11.5 Å². The van der Waals surface area contributed by atoms with Gasteiger partial charge in [-0.1, -0.05) is 8.64 Å². The molecule has 0 atom stereocenters. The fourth-order valence-electron chi connectivity index (χ4n) is 0.729. The van der Waals surface area contributed by atoms with Crippen LogP contribution in [0.5, 0.6) is 0 Å². The van der Waals surface area contributed by atoms with Gasteiger partial charge in [0.25, 0.3) is 0 Å². The predicted molar refractivity (Wildman–Crippen MR) is 93.5 cm³/mol. The van der Waals surface area contributed by atoms with Crippen LogP contribution in [0.15, 0.2) is 0 Å². The van der Waals surface area contributed by atoms with Gasteiger partial charge in [0.15, 0.2) is 0 Å². The van der Waals surface area contributed by atoms with Gasteiger partial charge in [-0.3, -0.25) is 0 Å². The quantitative estimate of drug-likeness (QED) is 0.300. The molecule has 0 spiro atoms. The molecule has 0 aliphatic heterocycles. The van der Waals surface area contributed by atoms with Gasteiger partial charge in [0, 0.05) is 0 Å². The molecule has 0 bridgehead atoms. The molecule has 0 aromatic heterocycles. The van der Waals surface area contributed by atoms with E-state index < -0.39 is 0 Å². The summed E-state index contributed by atoms with van der Waals surface area (Å²) in [5.74, 6) is 0. The van der Waals surface area contributed by atoms with Crippen molar-refractivity contribution in [3.05, 3.63) is 0 Å². The van der Waals surface area contributed by atoms with Crippen molar-refractivity contribution >= 4 is 79.5 Å². The van der Waals surface area contributed by atoms with Crippen molar-refractivity contribution < 1.29 is 0 Å². The van der Waals surface area contributed by atoms with Gasteiger partial charge in [-0.05, 0) is 0 Å². The average Bonchev–Trinajstić information content (AvgIpc) is 2.16. The minimum absolute atomic E-state index is 0.0833. The van der Waals surface area contributed by atoms with Gasteiger partial charge in [-0.25, -0.2) is 0 Å². The Kier molecular flexibility index (Phi) is 30.2. The maximum Gasteiger partial charge on any atom is -0.0708 e. The zero-order chi connectivity index (χ0) is 14.1. The van der Waals surface area contributed by atoms with E-state index >= 15 is 0 Å². The molecule has 0 fully saturated rings. The molecule has 2 nitrogen and oxygen atoms in total. The fraction of sp³-hybridized carbons (Fsp3) is 0.800.